The van der Waals surface area contributed by atoms with Crippen LogP contribution >= 0.6 is 0 Å². The van der Waals surface area contributed by atoms with Gasteiger partial charge in [-0.05, 0) is 74.3 Å². The lowest BCUT2D eigenvalue weighted by Crippen LogP contribution is -2.51. The molecule has 5 aromatic rings. The fourth-order valence-corrected chi connectivity index (χ4v) is 9.02. The fraction of sp³-hybridized carbons (Fsp3) is 0.262. The second kappa shape index (κ2) is 10.4. The largest absolute Gasteiger partial charge is 0.318 e. The van der Waals surface area contributed by atoms with Crippen molar-refractivity contribution in [1.82, 2.24) is 9.88 Å². The number of aromatic nitrogens is 1. The molecule has 4 aromatic carbocycles. The van der Waals surface area contributed by atoms with Gasteiger partial charge in [0.15, 0.2) is 0 Å². The van der Waals surface area contributed by atoms with Gasteiger partial charge in [0, 0.05) is 44.9 Å². The van der Waals surface area contributed by atoms with Crippen LogP contribution < -0.4 is 10.2 Å². The third kappa shape index (κ3) is 3.86. The third-order valence-corrected chi connectivity index (χ3v) is 11.1. The van der Waals surface area contributed by atoms with Crippen LogP contribution in [0.4, 0.5) is 11.4 Å². The Morgan fingerprint density at radius 1 is 0.761 bits per heavy atom. The van der Waals surface area contributed by atoms with E-state index in [0.717, 1.165) is 32.1 Å². The van der Waals surface area contributed by atoms with Gasteiger partial charge in [0.25, 0.3) is 0 Å². The van der Waals surface area contributed by atoms with E-state index in [1.807, 2.05) is 0 Å². The van der Waals surface area contributed by atoms with Gasteiger partial charge in [0.1, 0.15) is 6.17 Å². The molecule has 3 aliphatic carbocycles. The first-order valence-electron chi connectivity index (χ1n) is 17.2. The number of para-hydroxylation sites is 2. The first-order chi connectivity index (χ1) is 22.8. The molecule has 0 spiro atoms. The Bertz CT molecular complexity index is 2190. The van der Waals surface area contributed by atoms with Crippen LogP contribution in [-0.2, 0) is 0 Å². The molecule has 10 rings (SSSR count). The number of benzene rings is 4. The Kier molecular flexibility index (Phi) is 6.02. The molecule has 226 valence electrons. The van der Waals surface area contributed by atoms with E-state index in [0.29, 0.717) is 12.0 Å². The van der Waals surface area contributed by atoms with Crippen molar-refractivity contribution in [1.29, 1.82) is 0 Å². The molecule has 0 amide bonds. The Balaban J connectivity index is 1.27. The second-order valence-corrected chi connectivity index (χ2v) is 13.6. The van der Waals surface area contributed by atoms with Gasteiger partial charge in [-0.1, -0.05) is 97.1 Å². The van der Waals surface area contributed by atoms with E-state index in [1.165, 1.54) is 79.3 Å². The molecule has 1 aromatic heterocycles. The summed E-state index contributed by atoms with van der Waals surface area (Å²) >= 11 is 0. The van der Waals surface area contributed by atoms with Crippen molar-refractivity contribution in [2.75, 3.05) is 4.90 Å². The highest BCUT2D eigenvalue weighted by molar-refractivity contribution is 6.21. The second-order valence-electron chi connectivity index (χ2n) is 13.6. The smallest absolute Gasteiger partial charge is 0.128 e. The standard InChI is InChI=1S/C42H38N4/c1-3-13-27(14-4-1)39-42(44-36-20-10-9-19-35(36)43-39)46-38-22-12-8-18-30(38)32-24-25-33-34(41(32)46)26-23-31-29-17-7-11-21-37(29)45(40(31)33)28-15-5-2-6-16-28/h1-3,5-6,8-9,12-13,15-16,18-19,21-26,29,35-36,42,44H,4,7,10-11,14,17,20H2. The zero-order valence-corrected chi connectivity index (χ0v) is 26.1. The number of nitrogens with zero attached hydrogens (tertiary/aromatic N) is 3. The average Bonchev–Trinajstić information content (AvgIpc) is 3.65. The highest BCUT2D eigenvalue weighted by Gasteiger charge is 2.39. The van der Waals surface area contributed by atoms with E-state index < -0.39 is 0 Å². The maximum atomic E-state index is 5.55. The van der Waals surface area contributed by atoms with Crippen molar-refractivity contribution < 1.29 is 0 Å². The average molecular weight is 599 g/mol. The minimum absolute atomic E-state index is 0.0396. The number of aliphatic imine (C=N–C) groups is 1. The Hall–Kier alpha value is -4.67. The van der Waals surface area contributed by atoms with Gasteiger partial charge in [-0.3, -0.25) is 10.3 Å². The van der Waals surface area contributed by atoms with E-state index in [2.05, 4.69) is 130 Å². The summed E-state index contributed by atoms with van der Waals surface area (Å²) in [6.07, 6.45) is 21.8. The van der Waals surface area contributed by atoms with Gasteiger partial charge >= 0.3 is 0 Å². The molecule has 5 aliphatic rings. The molecule has 4 unspecified atom stereocenters. The molecule has 4 atom stereocenters. The maximum absolute atomic E-state index is 5.55. The highest BCUT2D eigenvalue weighted by atomic mass is 15.2. The number of anilines is 2. The maximum Gasteiger partial charge on any atom is 0.128 e. The lowest BCUT2D eigenvalue weighted by Gasteiger charge is -2.39. The van der Waals surface area contributed by atoms with Gasteiger partial charge in [0.05, 0.1) is 28.5 Å². The zero-order valence-electron chi connectivity index (χ0n) is 26.1. The van der Waals surface area contributed by atoms with Gasteiger partial charge in [0.2, 0.25) is 0 Å². The molecule has 0 saturated carbocycles. The van der Waals surface area contributed by atoms with Crippen LogP contribution in [0.1, 0.15) is 62.6 Å². The Labute approximate surface area is 270 Å². The Morgan fingerprint density at radius 3 is 2.52 bits per heavy atom. The van der Waals surface area contributed by atoms with Crippen molar-refractivity contribution in [3.63, 3.8) is 0 Å². The van der Waals surface area contributed by atoms with Crippen LogP contribution in [0.2, 0.25) is 0 Å². The van der Waals surface area contributed by atoms with Crippen LogP contribution in [0.25, 0.3) is 32.6 Å². The third-order valence-electron chi connectivity index (χ3n) is 11.1. The zero-order chi connectivity index (χ0) is 30.2. The molecule has 4 nitrogen and oxygen atoms in total. The van der Waals surface area contributed by atoms with Crippen molar-refractivity contribution in [3.05, 3.63) is 132 Å². The van der Waals surface area contributed by atoms with E-state index in [9.17, 15) is 0 Å². The molecule has 0 saturated heterocycles. The predicted octanol–water partition coefficient (Wildman–Crippen LogP) is 10.2. The van der Waals surface area contributed by atoms with Crippen LogP contribution in [0.3, 0.4) is 0 Å². The van der Waals surface area contributed by atoms with Crippen molar-refractivity contribution in [2.24, 2.45) is 4.99 Å². The summed E-state index contributed by atoms with van der Waals surface area (Å²) in [5, 5.41) is 9.45. The number of fused-ring (bicyclic) bond motifs is 10. The number of allylic oxidation sites excluding steroid dienone is 6. The van der Waals surface area contributed by atoms with E-state index in [4.69, 9.17) is 4.99 Å². The van der Waals surface area contributed by atoms with Crippen LogP contribution in [0.15, 0.2) is 132 Å². The molecular weight excluding hydrogens is 560 g/mol. The normalized spacial score (nSPS) is 25.3. The van der Waals surface area contributed by atoms with Crippen molar-refractivity contribution in [2.45, 2.75) is 69.1 Å². The summed E-state index contributed by atoms with van der Waals surface area (Å²) in [4.78, 5) is 8.12. The van der Waals surface area contributed by atoms with Crippen LogP contribution in [0, 0.1) is 0 Å². The summed E-state index contributed by atoms with van der Waals surface area (Å²) in [6.45, 7) is 0. The number of hydrogen-bond donors (Lipinski definition) is 1. The van der Waals surface area contributed by atoms with Gasteiger partial charge in [-0.15, -0.1) is 0 Å². The molecular formula is C42H38N4. The Morgan fingerprint density at radius 2 is 1.61 bits per heavy atom. The molecule has 1 N–H and O–H groups in total. The summed E-state index contributed by atoms with van der Waals surface area (Å²) < 4.78 is 2.61. The van der Waals surface area contributed by atoms with Gasteiger partial charge in [-0.25, -0.2) is 0 Å². The minimum atomic E-state index is -0.0396. The van der Waals surface area contributed by atoms with Crippen molar-refractivity contribution in [3.8, 4) is 0 Å². The van der Waals surface area contributed by atoms with E-state index in [1.54, 1.807) is 0 Å². The topological polar surface area (TPSA) is 32.6 Å². The first-order valence-corrected chi connectivity index (χ1v) is 17.2. The molecule has 2 aliphatic heterocycles. The van der Waals surface area contributed by atoms with Crippen LogP contribution in [-0.4, -0.2) is 22.4 Å². The molecule has 0 radical (unpaired) electrons. The molecule has 0 fully saturated rings. The van der Waals surface area contributed by atoms with Crippen molar-refractivity contribution >= 4 is 49.7 Å². The number of rotatable bonds is 3. The summed E-state index contributed by atoms with van der Waals surface area (Å²) in [5.74, 6) is 0.455. The SMILES string of the molecule is C1=CCCC(C2=NC3C=CCCC3NC2n2c3ccccc3c3ccc4c5c(ccc4c32)C2CCCC=C2N5c2ccccc2)=C1. The number of nitrogens with one attached hydrogen (secondary N) is 1. The summed E-state index contributed by atoms with van der Waals surface area (Å²) in [5.41, 5.74) is 10.7. The quantitative estimate of drug-likeness (QED) is 0.210. The summed E-state index contributed by atoms with van der Waals surface area (Å²) in [7, 11) is 0. The predicted molar refractivity (Wildman–Crippen MR) is 192 cm³/mol. The van der Waals surface area contributed by atoms with Gasteiger partial charge < -0.3 is 9.47 Å². The summed E-state index contributed by atoms with van der Waals surface area (Å²) in [6, 6.07) is 30.2. The van der Waals surface area contributed by atoms with Crippen LogP contribution in [0.5, 0.6) is 0 Å². The molecule has 4 heteroatoms. The fourth-order valence-electron chi connectivity index (χ4n) is 9.02. The first kappa shape index (κ1) is 26.5. The molecule has 0 bridgehead atoms. The highest BCUT2D eigenvalue weighted by Crippen LogP contribution is 2.55. The van der Waals surface area contributed by atoms with Gasteiger partial charge in [-0.2, -0.15) is 0 Å². The van der Waals surface area contributed by atoms with E-state index >= 15 is 0 Å². The van der Waals surface area contributed by atoms with E-state index in [-0.39, 0.29) is 12.2 Å². The molecule has 3 heterocycles. The lowest BCUT2D eigenvalue weighted by atomic mass is 9.87. The number of hydrogen-bond acceptors (Lipinski definition) is 3. The molecule has 46 heavy (non-hydrogen) atoms. The monoisotopic (exact) mass is 598 g/mol. The lowest BCUT2D eigenvalue weighted by molar-refractivity contribution is 0.360. The minimum Gasteiger partial charge on any atom is -0.318 e.